The third kappa shape index (κ3) is 5.38. The van der Waals surface area contributed by atoms with Crippen molar-refractivity contribution in [3.8, 4) is 12.1 Å². The maximum atomic E-state index is 13.1. The number of hydrogen-bond acceptors (Lipinski definition) is 4. The molecule has 6 heteroatoms. The maximum Gasteiger partial charge on any atom is 0.258 e. The van der Waals surface area contributed by atoms with Gasteiger partial charge in [-0.1, -0.05) is 30.3 Å². The zero-order valence-electron chi connectivity index (χ0n) is 17.7. The Hall–Kier alpha value is -4.42. The zero-order chi connectivity index (χ0) is 22.9. The van der Waals surface area contributed by atoms with Crippen molar-refractivity contribution >= 4 is 23.2 Å². The highest BCUT2D eigenvalue weighted by molar-refractivity contribution is 6.07. The van der Waals surface area contributed by atoms with Crippen LogP contribution >= 0.6 is 0 Å². The van der Waals surface area contributed by atoms with Gasteiger partial charge in [-0.25, -0.2) is 0 Å². The molecule has 32 heavy (non-hydrogen) atoms. The van der Waals surface area contributed by atoms with Crippen LogP contribution < -0.4 is 10.2 Å². The number of carbonyl (C=O) groups is 2. The van der Waals surface area contributed by atoms with Crippen molar-refractivity contribution in [2.24, 2.45) is 0 Å². The molecule has 3 aromatic carbocycles. The van der Waals surface area contributed by atoms with Crippen LogP contribution in [0.25, 0.3) is 0 Å². The van der Waals surface area contributed by atoms with Gasteiger partial charge in [0.05, 0.1) is 25.0 Å². The van der Waals surface area contributed by atoms with Crippen molar-refractivity contribution < 1.29 is 9.59 Å². The van der Waals surface area contributed by atoms with Crippen LogP contribution in [0.5, 0.6) is 0 Å². The quantitative estimate of drug-likeness (QED) is 0.595. The molecule has 0 bridgehead atoms. The molecule has 2 amide bonds. The summed E-state index contributed by atoms with van der Waals surface area (Å²) in [6, 6.07) is 25.2. The SMILES string of the molecule is CCN(C(=O)c1cccc(CC#N)c1)c1cccc(NC(=O)c2cccc(CC#N)c2)c1. The van der Waals surface area contributed by atoms with Gasteiger partial charge in [-0.3, -0.25) is 9.59 Å². The topological polar surface area (TPSA) is 97.0 Å². The Bertz CT molecular complexity index is 1220. The van der Waals surface area contributed by atoms with Crippen LogP contribution in [0.1, 0.15) is 38.8 Å². The Labute approximate surface area is 187 Å². The van der Waals surface area contributed by atoms with Crippen LogP contribution in [0, 0.1) is 22.7 Å². The average molecular weight is 422 g/mol. The second-order valence-electron chi connectivity index (χ2n) is 7.12. The van der Waals surface area contributed by atoms with Gasteiger partial charge in [0.1, 0.15) is 0 Å². The lowest BCUT2D eigenvalue weighted by Crippen LogP contribution is -2.30. The van der Waals surface area contributed by atoms with Crippen LogP contribution in [0.15, 0.2) is 72.8 Å². The fourth-order valence-electron chi connectivity index (χ4n) is 3.37. The van der Waals surface area contributed by atoms with Gasteiger partial charge in [0.15, 0.2) is 0 Å². The Morgan fingerprint density at radius 2 is 1.44 bits per heavy atom. The smallest absolute Gasteiger partial charge is 0.258 e. The first-order chi connectivity index (χ1) is 15.5. The Morgan fingerprint density at radius 1 is 0.844 bits per heavy atom. The molecule has 0 heterocycles. The number of amides is 2. The van der Waals surface area contributed by atoms with Crippen molar-refractivity contribution in [2.75, 3.05) is 16.8 Å². The Morgan fingerprint density at radius 3 is 2.06 bits per heavy atom. The molecule has 0 saturated carbocycles. The van der Waals surface area contributed by atoms with Gasteiger partial charge in [0, 0.05) is 29.0 Å². The molecule has 0 unspecified atom stereocenters. The van der Waals surface area contributed by atoms with E-state index in [1.807, 2.05) is 19.1 Å². The molecular formula is C26H22N4O2. The summed E-state index contributed by atoms with van der Waals surface area (Å²) in [4.78, 5) is 27.4. The van der Waals surface area contributed by atoms with Gasteiger partial charge >= 0.3 is 0 Å². The van der Waals surface area contributed by atoms with Crippen LogP contribution in [0.4, 0.5) is 11.4 Å². The molecule has 1 N–H and O–H groups in total. The van der Waals surface area contributed by atoms with E-state index in [4.69, 9.17) is 10.5 Å². The van der Waals surface area contributed by atoms with Crippen molar-refractivity contribution in [3.05, 3.63) is 95.1 Å². The van der Waals surface area contributed by atoms with Crippen molar-refractivity contribution in [1.82, 2.24) is 0 Å². The standard InChI is InChI=1S/C26H22N4O2/c1-2-30(26(32)22-9-4-7-20(17-22)13-15-28)24-11-5-10-23(18-24)29-25(31)21-8-3-6-19(16-21)12-14-27/h3-11,16-18H,2,12-13H2,1H3,(H,29,31). The summed E-state index contributed by atoms with van der Waals surface area (Å²) in [5.74, 6) is -0.472. The van der Waals surface area contributed by atoms with Crippen molar-refractivity contribution in [1.29, 1.82) is 10.5 Å². The van der Waals surface area contributed by atoms with E-state index in [0.717, 1.165) is 11.1 Å². The predicted molar refractivity (Wildman–Crippen MR) is 123 cm³/mol. The van der Waals surface area contributed by atoms with Gasteiger partial charge < -0.3 is 10.2 Å². The van der Waals surface area contributed by atoms with E-state index in [1.165, 1.54) is 0 Å². The van der Waals surface area contributed by atoms with Gasteiger partial charge in [0.25, 0.3) is 11.8 Å². The summed E-state index contributed by atoms with van der Waals surface area (Å²) in [6.45, 7) is 2.32. The lowest BCUT2D eigenvalue weighted by Gasteiger charge is -2.22. The maximum absolute atomic E-state index is 13.1. The number of rotatable bonds is 7. The molecule has 0 fully saturated rings. The fraction of sp³-hybridized carbons (Fsp3) is 0.154. The van der Waals surface area contributed by atoms with E-state index in [9.17, 15) is 9.59 Å². The molecule has 3 rings (SSSR count). The van der Waals surface area contributed by atoms with Crippen LogP contribution in [0.3, 0.4) is 0 Å². The molecule has 0 aliphatic heterocycles. The largest absolute Gasteiger partial charge is 0.322 e. The Kier molecular flexibility index (Phi) is 7.35. The lowest BCUT2D eigenvalue weighted by atomic mass is 10.1. The summed E-state index contributed by atoms with van der Waals surface area (Å²) >= 11 is 0. The molecule has 0 aliphatic rings. The molecule has 3 aromatic rings. The summed E-state index contributed by atoms with van der Waals surface area (Å²) < 4.78 is 0. The van der Waals surface area contributed by atoms with Crippen LogP contribution in [0.2, 0.25) is 0 Å². The Balaban J connectivity index is 1.81. The number of nitrogens with zero attached hydrogens (tertiary/aromatic N) is 3. The fourth-order valence-corrected chi connectivity index (χ4v) is 3.37. The third-order valence-electron chi connectivity index (χ3n) is 4.91. The van der Waals surface area contributed by atoms with E-state index < -0.39 is 0 Å². The number of nitriles is 2. The first-order valence-electron chi connectivity index (χ1n) is 10.2. The molecule has 0 radical (unpaired) electrons. The first kappa shape index (κ1) is 22.3. The number of nitrogens with one attached hydrogen (secondary N) is 1. The second-order valence-corrected chi connectivity index (χ2v) is 7.12. The van der Waals surface area contributed by atoms with E-state index in [0.29, 0.717) is 29.0 Å². The molecule has 6 nitrogen and oxygen atoms in total. The number of anilines is 2. The van der Waals surface area contributed by atoms with Crippen LogP contribution in [-0.4, -0.2) is 18.4 Å². The minimum Gasteiger partial charge on any atom is -0.322 e. The van der Waals surface area contributed by atoms with E-state index in [-0.39, 0.29) is 24.7 Å². The molecular weight excluding hydrogens is 400 g/mol. The second kappa shape index (κ2) is 10.6. The van der Waals surface area contributed by atoms with Gasteiger partial charge in [0.2, 0.25) is 0 Å². The minimum atomic E-state index is -0.291. The first-order valence-corrected chi connectivity index (χ1v) is 10.2. The highest BCUT2D eigenvalue weighted by Crippen LogP contribution is 2.22. The number of benzene rings is 3. The number of hydrogen-bond donors (Lipinski definition) is 1. The van der Waals surface area contributed by atoms with Gasteiger partial charge in [-0.15, -0.1) is 0 Å². The van der Waals surface area contributed by atoms with E-state index in [2.05, 4.69) is 17.5 Å². The molecule has 0 aliphatic carbocycles. The minimum absolute atomic E-state index is 0.181. The van der Waals surface area contributed by atoms with Crippen molar-refractivity contribution in [2.45, 2.75) is 19.8 Å². The van der Waals surface area contributed by atoms with Gasteiger partial charge in [-0.2, -0.15) is 10.5 Å². The highest BCUT2D eigenvalue weighted by atomic mass is 16.2. The van der Waals surface area contributed by atoms with Crippen molar-refractivity contribution in [3.63, 3.8) is 0 Å². The molecule has 0 atom stereocenters. The van der Waals surface area contributed by atoms with Gasteiger partial charge in [-0.05, 0) is 60.5 Å². The summed E-state index contributed by atoms with van der Waals surface area (Å²) in [6.07, 6.45) is 0.476. The molecule has 158 valence electrons. The third-order valence-corrected chi connectivity index (χ3v) is 4.91. The summed E-state index contributed by atoms with van der Waals surface area (Å²) in [5, 5.41) is 20.6. The lowest BCUT2D eigenvalue weighted by molar-refractivity contribution is 0.0987. The molecule has 0 aromatic heterocycles. The van der Waals surface area contributed by atoms with E-state index in [1.54, 1.807) is 65.6 Å². The van der Waals surface area contributed by atoms with Crippen LogP contribution in [-0.2, 0) is 12.8 Å². The normalized spacial score (nSPS) is 9.97. The highest BCUT2D eigenvalue weighted by Gasteiger charge is 2.17. The molecule has 0 spiro atoms. The summed E-state index contributed by atoms with van der Waals surface area (Å²) in [5.41, 5.74) is 3.73. The average Bonchev–Trinajstić information content (AvgIpc) is 2.80. The monoisotopic (exact) mass is 422 g/mol. The zero-order valence-corrected chi connectivity index (χ0v) is 17.7. The van der Waals surface area contributed by atoms with E-state index >= 15 is 0 Å². The predicted octanol–water partition coefficient (Wildman–Crippen LogP) is 4.74. The molecule has 0 saturated heterocycles. The summed E-state index contributed by atoms with van der Waals surface area (Å²) in [7, 11) is 0. The number of carbonyl (C=O) groups excluding carboxylic acids is 2.